The van der Waals surface area contributed by atoms with Gasteiger partial charge in [-0.05, 0) is 42.8 Å². The number of nitrogens with one attached hydrogen (secondary N) is 1. The number of rotatable bonds is 6. The van der Waals surface area contributed by atoms with Crippen LogP contribution in [-0.2, 0) is 6.54 Å². The van der Waals surface area contributed by atoms with Crippen molar-refractivity contribution in [1.82, 2.24) is 15.5 Å². The third-order valence-electron chi connectivity index (χ3n) is 3.93. The summed E-state index contributed by atoms with van der Waals surface area (Å²) < 4.78 is 10.5. The van der Waals surface area contributed by atoms with E-state index >= 15 is 0 Å². The normalized spacial score (nSPS) is 11.0. The predicted octanol–water partition coefficient (Wildman–Crippen LogP) is 4.17. The smallest absolute Gasteiger partial charge is 0.268 e. The van der Waals surface area contributed by atoms with Gasteiger partial charge in [0.15, 0.2) is 5.82 Å². The van der Waals surface area contributed by atoms with Crippen LogP contribution in [0.2, 0.25) is 0 Å². The van der Waals surface area contributed by atoms with Gasteiger partial charge >= 0.3 is 0 Å². The summed E-state index contributed by atoms with van der Waals surface area (Å²) in [5.41, 5.74) is 1.52. The lowest BCUT2D eigenvalue weighted by Gasteiger charge is -2.08. The maximum Gasteiger partial charge on any atom is 0.268 e. The van der Waals surface area contributed by atoms with Crippen molar-refractivity contribution in [2.24, 2.45) is 0 Å². The molecule has 2 heterocycles. The Hall–Kier alpha value is -2.67. The number of aromatic nitrogens is 2. The molecule has 0 fully saturated rings. The predicted molar refractivity (Wildman–Crippen MR) is 101 cm³/mol. The molecule has 0 aliphatic carbocycles. The molecule has 1 N–H and O–H groups in total. The van der Waals surface area contributed by atoms with Gasteiger partial charge < -0.3 is 14.6 Å². The summed E-state index contributed by atoms with van der Waals surface area (Å²) in [5, 5.41) is 6.93. The van der Waals surface area contributed by atoms with E-state index in [0.29, 0.717) is 23.8 Å². The summed E-state index contributed by atoms with van der Waals surface area (Å²) >= 11 is 1.53. The number of carbonyl (C=O) groups excluding carboxylic acids is 1. The Bertz CT molecular complexity index is 914. The van der Waals surface area contributed by atoms with Crippen LogP contribution >= 0.6 is 11.3 Å². The Morgan fingerprint density at radius 3 is 2.77 bits per heavy atom. The summed E-state index contributed by atoms with van der Waals surface area (Å²) in [6.07, 6.45) is 0. The standard InChI is InChI=1S/C19H21N3O3S/c1-11(2)17-21-19(25-22-17)16-8-6-14(26-16)10-20-18(23)15-7-5-13(24-4)9-12(15)3/h5-9,11H,10H2,1-4H3,(H,20,23). The van der Waals surface area contributed by atoms with Crippen molar-refractivity contribution in [3.05, 3.63) is 52.2 Å². The van der Waals surface area contributed by atoms with Gasteiger partial charge in [0, 0.05) is 16.4 Å². The van der Waals surface area contributed by atoms with Crippen LogP contribution in [0.3, 0.4) is 0 Å². The van der Waals surface area contributed by atoms with Gasteiger partial charge in [0.05, 0.1) is 18.5 Å². The lowest BCUT2D eigenvalue weighted by molar-refractivity contribution is 0.0950. The van der Waals surface area contributed by atoms with E-state index < -0.39 is 0 Å². The van der Waals surface area contributed by atoms with E-state index in [-0.39, 0.29) is 11.8 Å². The average molecular weight is 371 g/mol. The molecule has 0 unspecified atom stereocenters. The van der Waals surface area contributed by atoms with Crippen LogP contribution < -0.4 is 10.1 Å². The molecule has 0 spiro atoms. The highest BCUT2D eigenvalue weighted by atomic mass is 32.1. The van der Waals surface area contributed by atoms with Crippen LogP contribution in [0.4, 0.5) is 0 Å². The van der Waals surface area contributed by atoms with Gasteiger partial charge in [-0.2, -0.15) is 4.98 Å². The minimum absolute atomic E-state index is 0.111. The molecule has 0 atom stereocenters. The Labute approximate surface area is 156 Å². The first-order valence-electron chi connectivity index (χ1n) is 8.33. The maximum atomic E-state index is 12.4. The summed E-state index contributed by atoms with van der Waals surface area (Å²) in [7, 11) is 1.61. The van der Waals surface area contributed by atoms with Crippen molar-refractivity contribution in [2.45, 2.75) is 33.2 Å². The zero-order valence-electron chi connectivity index (χ0n) is 15.2. The Kier molecular flexibility index (Phi) is 5.37. The number of hydrogen-bond acceptors (Lipinski definition) is 6. The molecule has 1 amide bonds. The van der Waals surface area contributed by atoms with Gasteiger partial charge in [-0.3, -0.25) is 4.79 Å². The molecule has 2 aromatic heterocycles. The van der Waals surface area contributed by atoms with Gasteiger partial charge in [0.25, 0.3) is 11.8 Å². The van der Waals surface area contributed by atoms with Gasteiger partial charge in [-0.25, -0.2) is 0 Å². The van der Waals surface area contributed by atoms with Crippen LogP contribution in [0.5, 0.6) is 5.75 Å². The summed E-state index contributed by atoms with van der Waals surface area (Å²) in [5.74, 6) is 2.06. The Morgan fingerprint density at radius 1 is 1.31 bits per heavy atom. The molecule has 1 aromatic carbocycles. The summed E-state index contributed by atoms with van der Waals surface area (Å²) in [6.45, 7) is 6.37. The van der Waals surface area contributed by atoms with E-state index in [1.165, 1.54) is 11.3 Å². The first-order chi connectivity index (χ1) is 12.5. The number of ether oxygens (including phenoxy) is 1. The second-order valence-electron chi connectivity index (χ2n) is 6.24. The molecule has 7 heteroatoms. The highest BCUT2D eigenvalue weighted by molar-refractivity contribution is 7.15. The molecule has 3 aromatic rings. The fourth-order valence-electron chi connectivity index (χ4n) is 2.44. The van der Waals surface area contributed by atoms with E-state index in [9.17, 15) is 4.79 Å². The number of aryl methyl sites for hydroxylation is 1. The van der Waals surface area contributed by atoms with Crippen molar-refractivity contribution < 1.29 is 14.1 Å². The fourth-order valence-corrected chi connectivity index (χ4v) is 3.31. The number of carbonyl (C=O) groups is 1. The Balaban J connectivity index is 1.65. The molecule has 0 radical (unpaired) electrons. The van der Waals surface area contributed by atoms with Crippen molar-refractivity contribution in [1.29, 1.82) is 0 Å². The number of thiophene rings is 1. The zero-order valence-corrected chi connectivity index (χ0v) is 16.0. The van der Waals surface area contributed by atoms with Crippen molar-refractivity contribution in [2.75, 3.05) is 7.11 Å². The van der Waals surface area contributed by atoms with Crippen LogP contribution in [0, 0.1) is 6.92 Å². The van der Waals surface area contributed by atoms with Crippen molar-refractivity contribution in [3.8, 4) is 16.5 Å². The number of amides is 1. The number of benzene rings is 1. The molecule has 26 heavy (non-hydrogen) atoms. The first kappa shape index (κ1) is 18.1. The first-order valence-corrected chi connectivity index (χ1v) is 9.15. The highest BCUT2D eigenvalue weighted by Crippen LogP contribution is 2.28. The van der Waals surface area contributed by atoms with Gasteiger partial charge in [-0.1, -0.05) is 19.0 Å². The number of methoxy groups -OCH3 is 1. The number of nitrogens with zero attached hydrogens (tertiary/aromatic N) is 2. The SMILES string of the molecule is COc1ccc(C(=O)NCc2ccc(-c3nc(C(C)C)no3)s2)c(C)c1. The molecule has 0 aliphatic heterocycles. The molecule has 6 nitrogen and oxygen atoms in total. The largest absolute Gasteiger partial charge is 0.497 e. The molecular weight excluding hydrogens is 350 g/mol. The van der Waals surface area contributed by atoms with Crippen molar-refractivity contribution in [3.63, 3.8) is 0 Å². The lowest BCUT2D eigenvalue weighted by atomic mass is 10.1. The second-order valence-corrected chi connectivity index (χ2v) is 7.41. The van der Waals surface area contributed by atoms with Crippen LogP contribution in [0.25, 0.3) is 10.8 Å². The van der Waals surface area contributed by atoms with Crippen LogP contribution in [0.15, 0.2) is 34.9 Å². The van der Waals surface area contributed by atoms with Crippen molar-refractivity contribution >= 4 is 17.2 Å². The molecule has 136 valence electrons. The van der Waals surface area contributed by atoms with Crippen LogP contribution in [-0.4, -0.2) is 23.2 Å². The van der Waals surface area contributed by atoms with E-state index in [1.54, 1.807) is 19.2 Å². The van der Waals surface area contributed by atoms with E-state index in [4.69, 9.17) is 9.26 Å². The van der Waals surface area contributed by atoms with E-state index in [0.717, 1.165) is 21.1 Å². The minimum atomic E-state index is -0.111. The fraction of sp³-hybridized carbons (Fsp3) is 0.316. The molecule has 0 saturated carbocycles. The van der Waals surface area contributed by atoms with Gasteiger partial charge in [0.2, 0.25) is 0 Å². The van der Waals surface area contributed by atoms with E-state index in [1.807, 2.05) is 39.0 Å². The average Bonchev–Trinajstić information content (AvgIpc) is 3.28. The molecule has 0 aliphatic rings. The lowest BCUT2D eigenvalue weighted by Crippen LogP contribution is -2.23. The topological polar surface area (TPSA) is 77.2 Å². The van der Waals surface area contributed by atoms with Gasteiger partial charge in [-0.15, -0.1) is 11.3 Å². The quantitative estimate of drug-likeness (QED) is 0.704. The third kappa shape index (κ3) is 3.94. The molecule has 0 bridgehead atoms. The van der Waals surface area contributed by atoms with E-state index in [2.05, 4.69) is 15.5 Å². The maximum absolute atomic E-state index is 12.4. The highest BCUT2D eigenvalue weighted by Gasteiger charge is 2.14. The second kappa shape index (κ2) is 7.70. The summed E-state index contributed by atoms with van der Waals surface area (Å²) in [6, 6.07) is 9.30. The molecule has 3 rings (SSSR count). The number of hydrogen-bond donors (Lipinski definition) is 1. The molecular formula is C19H21N3O3S. The van der Waals surface area contributed by atoms with Gasteiger partial charge in [0.1, 0.15) is 5.75 Å². The molecule has 0 saturated heterocycles. The monoisotopic (exact) mass is 371 g/mol. The summed E-state index contributed by atoms with van der Waals surface area (Å²) in [4.78, 5) is 18.7. The zero-order chi connectivity index (χ0) is 18.7. The Morgan fingerprint density at radius 2 is 2.12 bits per heavy atom. The van der Waals surface area contributed by atoms with Crippen LogP contribution in [0.1, 0.15) is 46.4 Å². The minimum Gasteiger partial charge on any atom is -0.497 e. The third-order valence-corrected chi connectivity index (χ3v) is 5.01.